The van der Waals surface area contributed by atoms with Crippen LogP contribution in [0.4, 0.5) is 0 Å². The Morgan fingerprint density at radius 1 is 1.27 bits per heavy atom. The lowest BCUT2D eigenvalue weighted by Gasteiger charge is -2.31. The van der Waals surface area contributed by atoms with Crippen LogP contribution in [-0.4, -0.2) is 58.9 Å². The molecule has 1 amide bonds. The normalized spacial score (nSPS) is 15.1. The van der Waals surface area contributed by atoms with E-state index in [-0.39, 0.29) is 5.91 Å². The van der Waals surface area contributed by atoms with Crippen LogP contribution >= 0.6 is 0 Å². The monoisotopic (exact) mass is 415 g/mol. The minimum atomic E-state index is 0.104. The predicted molar refractivity (Wildman–Crippen MR) is 120 cm³/mol. The van der Waals surface area contributed by atoms with Crippen molar-refractivity contribution in [3.63, 3.8) is 0 Å². The predicted octanol–water partition coefficient (Wildman–Crippen LogP) is 3.30. The third-order valence-electron chi connectivity index (χ3n) is 6.53. The number of carbonyl (C=O) groups is 1. The van der Waals surface area contributed by atoms with Crippen molar-refractivity contribution in [1.29, 1.82) is 0 Å². The highest BCUT2D eigenvalue weighted by Crippen LogP contribution is 2.30. The van der Waals surface area contributed by atoms with Crippen LogP contribution in [0.2, 0.25) is 0 Å². The molecule has 30 heavy (non-hydrogen) atoms. The molecule has 0 unspecified atom stereocenters. The summed E-state index contributed by atoms with van der Waals surface area (Å²) in [5, 5.41) is 8.42. The van der Waals surface area contributed by atoms with E-state index in [4.69, 9.17) is 9.72 Å². The number of pyridine rings is 1. The van der Waals surface area contributed by atoms with Crippen LogP contribution in [0.15, 0.2) is 0 Å². The zero-order valence-corrected chi connectivity index (χ0v) is 19.3. The van der Waals surface area contributed by atoms with Gasteiger partial charge in [0.1, 0.15) is 0 Å². The number of rotatable bonds is 9. The van der Waals surface area contributed by atoms with Gasteiger partial charge in [-0.05, 0) is 64.3 Å². The number of ether oxygens (including phenoxy) is 1. The number of fused-ring (bicyclic) bond motifs is 1. The van der Waals surface area contributed by atoms with E-state index in [2.05, 4.69) is 29.3 Å². The highest BCUT2D eigenvalue weighted by Gasteiger charge is 2.19. The third kappa shape index (κ3) is 5.12. The van der Waals surface area contributed by atoms with E-state index in [1.54, 1.807) is 11.8 Å². The molecule has 166 valence electrons. The molecule has 2 aromatic heterocycles. The molecule has 1 aliphatic carbocycles. The van der Waals surface area contributed by atoms with Crippen molar-refractivity contribution in [1.82, 2.24) is 25.0 Å². The van der Waals surface area contributed by atoms with Crippen molar-refractivity contribution < 1.29 is 9.53 Å². The number of amides is 1. The van der Waals surface area contributed by atoms with Crippen LogP contribution < -0.4 is 10.1 Å². The Balaban J connectivity index is 1.49. The summed E-state index contributed by atoms with van der Waals surface area (Å²) in [6.07, 6.45) is 8.88. The molecule has 3 rings (SSSR count). The molecule has 0 bridgehead atoms. The van der Waals surface area contributed by atoms with Gasteiger partial charge >= 0.3 is 0 Å². The first-order valence-electron chi connectivity index (χ1n) is 11.3. The highest BCUT2D eigenvalue weighted by atomic mass is 16.5. The van der Waals surface area contributed by atoms with Crippen molar-refractivity contribution in [2.24, 2.45) is 7.05 Å². The molecule has 7 nitrogen and oxygen atoms in total. The lowest BCUT2D eigenvalue weighted by atomic mass is 9.94. The van der Waals surface area contributed by atoms with Crippen LogP contribution in [0, 0.1) is 13.8 Å². The smallest absolute Gasteiger partial charge is 0.242 e. The first-order chi connectivity index (χ1) is 14.4. The summed E-state index contributed by atoms with van der Waals surface area (Å²) in [5.41, 5.74) is 3.98. The minimum absolute atomic E-state index is 0.104. The topological polar surface area (TPSA) is 72.3 Å². The van der Waals surface area contributed by atoms with E-state index >= 15 is 0 Å². The molecule has 1 saturated carbocycles. The molecule has 0 saturated heterocycles. The fraction of sp³-hybridized carbons (Fsp3) is 0.696. The van der Waals surface area contributed by atoms with Gasteiger partial charge in [0.2, 0.25) is 11.8 Å². The maximum Gasteiger partial charge on any atom is 0.242 e. The second kappa shape index (κ2) is 10.2. The number of carbonyl (C=O) groups excluding carboxylic acids is 1. The molecule has 0 atom stereocenters. The van der Waals surface area contributed by atoms with Gasteiger partial charge in [0.15, 0.2) is 5.65 Å². The SMILES string of the molecule is COc1nn(C)c2nc(C)c(CCC(=O)NCCCN(C)C3CCCCC3)c(C)c12. The maximum absolute atomic E-state index is 12.4. The van der Waals surface area contributed by atoms with Gasteiger partial charge in [0, 0.05) is 31.7 Å². The van der Waals surface area contributed by atoms with Crippen molar-refractivity contribution in [3.05, 3.63) is 16.8 Å². The summed E-state index contributed by atoms with van der Waals surface area (Å²) in [7, 11) is 5.72. The number of hydrogen-bond donors (Lipinski definition) is 1. The number of nitrogens with zero attached hydrogens (tertiary/aromatic N) is 4. The van der Waals surface area contributed by atoms with Crippen molar-refractivity contribution in [2.45, 2.75) is 71.3 Å². The summed E-state index contributed by atoms with van der Waals surface area (Å²) < 4.78 is 7.17. The molecule has 0 spiro atoms. The zero-order valence-electron chi connectivity index (χ0n) is 19.3. The van der Waals surface area contributed by atoms with Crippen molar-refractivity contribution in [2.75, 3.05) is 27.2 Å². The molecule has 0 radical (unpaired) electrons. The summed E-state index contributed by atoms with van der Waals surface area (Å²) in [6, 6.07) is 0.729. The Labute approximate surface area is 180 Å². The molecule has 2 heterocycles. The third-order valence-corrected chi connectivity index (χ3v) is 6.53. The van der Waals surface area contributed by atoms with E-state index in [0.717, 1.165) is 53.4 Å². The molecule has 7 heteroatoms. The average Bonchev–Trinajstić information content (AvgIpc) is 3.07. The lowest BCUT2D eigenvalue weighted by Crippen LogP contribution is -2.35. The number of hydrogen-bond acceptors (Lipinski definition) is 5. The van der Waals surface area contributed by atoms with E-state index in [1.165, 1.54) is 32.1 Å². The zero-order chi connectivity index (χ0) is 21.7. The van der Waals surface area contributed by atoms with E-state index in [1.807, 2.05) is 14.0 Å². The Hall–Kier alpha value is -2.15. The van der Waals surface area contributed by atoms with E-state index < -0.39 is 0 Å². The minimum Gasteiger partial charge on any atom is -0.479 e. The van der Waals surface area contributed by atoms with Gasteiger partial charge in [-0.1, -0.05) is 19.3 Å². The highest BCUT2D eigenvalue weighted by molar-refractivity contribution is 5.86. The van der Waals surface area contributed by atoms with Crippen LogP contribution in [0.5, 0.6) is 5.88 Å². The number of aromatic nitrogens is 3. The lowest BCUT2D eigenvalue weighted by molar-refractivity contribution is -0.121. The summed E-state index contributed by atoms with van der Waals surface area (Å²) >= 11 is 0. The van der Waals surface area contributed by atoms with Crippen LogP contribution in [0.1, 0.15) is 61.8 Å². The van der Waals surface area contributed by atoms with Crippen LogP contribution in [-0.2, 0) is 18.3 Å². The second-order valence-corrected chi connectivity index (χ2v) is 8.61. The molecule has 1 aliphatic rings. The van der Waals surface area contributed by atoms with Gasteiger partial charge in [0.25, 0.3) is 0 Å². The van der Waals surface area contributed by atoms with Gasteiger partial charge in [-0.25, -0.2) is 9.67 Å². The second-order valence-electron chi connectivity index (χ2n) is 8.61. The van der Waals surface area contributed by atoms with Gasteiger partial charge in [-0.15, -0.1) is 5.10 Å². The number of nitrogens with one attached hydrogen (secondary N) is 1. The molecular weight excluding hydrogens is 378 g/mol. The van der Waals surface area contributed by atoms with Crippen molar-refractivity contribution >= 4 is 16.9 Å². The summed E-state index contributed by atoms with van der Waals surface area (Å²) in [6.45, 7) is 5.85. The largest absolute Gasteiger partial charge is 0.479 e. The molecule has 2 aromatic rings. The average molecular weight is 416 g/mol. The van der Waals surface area contributed by atoms with Gasteiger partial charge in [0.05, 0.1) is 12.5 Å². The Morgan fingerprint density at radius 2 is 2.00 bits per heavy atom. The molecule has 0 aromatic carbocycles. The Morgan fingerprint density at radius 3 is 2.70 bits per heavy atom. The fourth-order valence-electron chi connectivity index (χ4n) is 4.69. The fourth-order valence-corrected chi connectivity index (χ4v) is 4.69. The van der Waals surface area contributed by atoms with Crippen LogP contribution in [0.3, 0.4) is 0 Å². The quantitative estimate of drug-likeness (QED) is 0.636. The first-order valence-corrected chi connectivity index (χ1v) is 11.3. The summed E-state index contributed by atoms with van der Waals surface area (Å²) in [4.78, 5) is 19.6. The number of methoxy groups -OCH3 is 1. The van der Waals surface area contributed by atoms with E-state index in [9.17, 15) is 4.79 Å². The maximum atomic E-state index is 12.4. The van der Waals surface area contributed by atoms with Crippen LogP contribution in [0.25, 0.3) is 11.0 Å². The van der Waals surface area contributed by atoms with Gasteiger partial charge in [-0.2, -0.15) is 0 Å². The van der Waals surface area contributed by atoms with Gasteiger partial charge < -0.3 is 15.0 Å². The Bertz CT molecular complexity index is 870. The molecule has 0 aliphatic heterocycles. The number of aryl methyl sites for hydroxylation is 3. The molecule has 1 N–H and O–H groups in total. The Kier molecular flexibility index (Phi) is 7.69. The summed E-state index contributed by atoms with van der Waals surface area (Å²) in [5.74, 6) is 0.692. The molecule has 1 fully saturated rings. The standard InChI is InChI=1S/C23H37N5O2/c1-16-19(17(2)25-22-21(16)23(30-5)26-28(22)4)12-13-20(29)24-14-9-15-27(3)18-10-7-6-8-11-18/h18H,6-15H2,1-5H3,(H,24,29). The van der Waals surface area contributed by atoms with Gasteiger partial charge in [-0.3, -0.25) is 4.79 Å². The van der Waals surface area contributed by atoms with E-state index in [0.29, 0.717) is 18.7 Å². The first kappa shape index (κ1) is 22.5. The van der Waals surface area contributed by atoms with Crippen molar-refractivity contribution in [3.8, 4) is 5.88 Å². The molecular formula is C23H37N5O2.